The third-order valence-electron chi connectivity index (χ3n) is 4.14. The molecule has 3 rings (SSSR count). The fourth-order valence-electron chi connectivity index (χ4n) is 2.88. The van der Waals surface area contributed by atoms with Crippen LogP contribution >= 0.6 is 0 Å². The average Bonchev–Trinajstić information content (AvgIpc) is 2.94. The minimum Gasteiger partial charge on any atom is -0.390 e. The summed E-state index contributed by atoms with van der Waals surface area (Å²) < 4.78 is 13.3. The van der Waals surface area contributed by atoms with E-state index < -0.39 is 18.2 Å². The van der Waals surface area contributed by atoms with Crippen LogP contribution in [0.25, 0.3) is 10.9 Å². The molecule has 5 nitrogen and oxygen atoms in total. The third kappa shape index (κ3) is 2.41. The summed E-state index contributed by atoms with van der Waals surface area (Å²) in [4.78, 5) is 15.3. The lowest BCUT2D eigenvalue weighted by Gasteiger charge is -2.17. The molecule has 1 aliphatic rings. The Labute approximate surface area is 120 Å². The summed E-state index contributed by atoms with van der Waals surface area (Å²) >= 11 is 0. The van der Waals surface area contributed by atoms with Crippen LogP contribution in [0, 0.1) is 12.7 Å². The van der Waals surface area contributed by atoms with Gasteiger partial charge in [-0.15, -0.1) is 0 Å². The maximum Gasteiger partial charge on any atom is 0.268 e. The van der Waals surface area contributed by atoms with E-state index in [1.165, 1.54) is 12.1 Å². The number of aliphatic hydroxyl groups excluding tert-OH is 2. The molecule has 0 unspecified atom stereocenters. The molecular weight excluding hydrogens is 275 g/mol. The Hall–Kier alpha value is -1.92. The first-order valence-electron chi connectivity index (χ1n) is 6.92. The van der Waals surface area contributed by atoms with Gasteiger partial charge < -0.3 is 20.5 Å². The Morgan fingerprint density at radius 1 is 1.38 bits per heavy atom. The first kappa shape index (κ1) is 14.0. The molecular formula is C15H17FN2O3. The van der Waals surface area contributed by atoms with E-state index in [-0.39, 0.29) is 11.7 Å². The lowest BCUT2D eigenvalue weighted by Crippen LogP contribution is -2.43. The zero-order chi connectivity index (χ0) is 15.1. The average molecular weight is 292 g/mol. The molecule has 1 fully saturated rings. The number of fused-ring (bicyclic) bond motifs is 1. The number of nitrogens with one attached hydrogen (secondary N) is 2. The topological polar surface area (TPSA) is 85.3 Å². The molecule has 0 saturated heterocycles. The van der Waals surface area contributed by atoms with E-state index >= 15 is 0 Å². The Balaban J connectivity index is 1.86. The lowest BCUT2D eigenvalue weighted by molar-refractivity contribution is 0.0296. The van der Waals surface area contributed by atoms with Crippen molar-refractivity contribution in [3.63, 3.8) is 0 Å². The van der Waals surface area contributed by atoms with Gasteiger partial charge in [0.25, 0.3) is 5.91 Å². The van der Waals surface area contributed by atoms with Crippen LogP contribution in [0.4, 0.5) is 4.39 Å². The van der Waals surface area contributed by atoms with Crippen LogP contribution in [-0.4, -0.2) is 39.4 Å². The number of rotatable bonds is 2. The van der Waals surface area contributed by atoms with Gasteiger partial charge in [0.05, 0.1) is 12.1 Å². The van der Waals surface area contributed by atoms with Gasteiger partial charge in [0.2, 0.25) is 0 Å². The Kier molecular flexibility index (Phi) is 3.43. The Morgan fingerprint density at radius 2 is 2.14 bits per heavy atom. The molecule has 1 saturated carbocycles. The first-order valence-corrected chi connectivity index (χ1v) is 6.92. The number of halogens is 1. The summed E-state index contributed by atoms with van der Waals surface area (Å²) in [5, 5.41) is 22.7. The first-order chi connectivity index (χ1) is 9.97. The zero-order valence-electron chi connectivity index (χ0n) is 11.6. The molecule has 1 aliphatic carbocycles. The molecule has 112 valence electrons. The summed E-state index contributed by atoms with van der Waals surface area (Å²) in [6.07, 6.45) is -0.755. The van der Waals surface area contributed by atoms with Gasteiger partial charge in [-0.3, -0.25) is 4.79 Å². The second-order valence-electron chi connectivity index (χ2n) is 5.53. The summed E-state index contributed by atoms with van der Waals surface area (Å²) in [6, 6.07) is 3.83. The molecule has 1 amide bonds. The number of carbonyl (C=O) groups excluding carboxylic acids is 1. The predicted octanol–water partition coefficient (Wildman–Crippen LogP) is 1.23. The van der Waals surface area contributed by atoms with Crippen LogP contribution < -0.4 is 5.32 Å². The Morgan fingerprint density at radius 3 is 2.81 bits per heavy atom. The fraction of sp³-hybridized carbons (Fsp3) is 0.400. The van der Waals surface area contributed by atoms with E-state index in [4.69, 9.17) is 0 Å². The Bertz CT molecular complexity index is 698. The SMILES string of the molecule is Cc1c(C(=O)N[C@@H]2CC[C@@H](O)[C@@H]2O)[nH]c2ccc(F)cc12. The van der Waals surface area contributed by atoms with Gasteiger partial charge in [-0.25, -0.2) is 4.39 Å². The van der Waals surface area contributed by atoms with E-state index in [2.05, 4.69) is 10.3 Å². The number of aryl methyl sites for hydroxylation is 1. The zero-order valence-corrected chi connectivity index (χ0v) is 11.6. The van der Waals surface area contributed by atoms with Gasteiger partial charge in [0.15, 0.2) is 0 Å². The van der Waals surface area contributed by atoms with Gasteiger partial charge in [-0.05, 0) is 43.5 Å². The number of H-pyrrole nitrogens is 1. The van der Waals surface area contributed by atoms with Crippen LogP contribution in [0.15, 0.2) is 18.2 Å². The largest absolute Gasteiger partial charge is 0.390 e. The lowest BCUT2D eigenvalue weighted by atomic mass is 10.1. The van der Waals surface area contributed by atoms with Crippen molar-refractivity contribution in [3.8, 4) is 0 Å². The van der Waals surface area contributed by atoms with Crippen molar-refractivity contribution in [2.24, 2.45) is 0 Å². The quantitative estimate of drug-likeness (QED) is 0.671. The number of benzene rings is 1. The normalized spacial score (nSPS) is 25.4. The number of hydrogen-bond acceptors (Lipinski definition) is 3. The second-order valence-corrected chi connectivity index (χ2v) is 5.53. The molecule has 1 aromatic heterocycles. The van der Waals surface area contributed by atoms with Crippen LogP contribution in [0.1, 0.15) is 28.9 Å². The highest BCUT2D eigenvalue weighted by Gasteiger charge is 2.34. The molecule has 1 heterocycles. The van der Waals surface area contributed by atoms with Crippen molar-refractivity contribution in [1.82, 2.24) is 10.3 Å². The van der Waals surface area contributed by atoms with E-state index in [1.54, 1.807) is 13.0 Å². The fourth-order valence-corrected chi connectivity index (χ4v) is 2.88. The summed E-state index contributed by atoms with van der Waals surface area (Å²) in [5.74, 6) is -0.715. The van der Waals surface area contributed by atoms with Gasteiger partial charge >= 0.3 is 0 Å². The highest BCUT2D eigenvalue weighted by Crippen LogP contribution is 2.24. The van der Waals surface area contributed by atoms with Gasteiger partial charge in [-0.1, -0.05) is 0 Å². The monoisotopic (exact) mass is 292 g/mol. The maximum absolute atomic E-state index is 13.3. The molecule has 0 aliphatic heterocycles. The standard InChI is InChI=1S/C15H17FN2O3/c1-7-9-6-8(16)2-3-10(9)17-13(7)15(21)18-11-4-5-12(19)14(11)20/h2-3,6,11-12,14,17,19-20H,4-5H2,1H3,(H,18,21)/t11-,12-,14-/m1/s1. The minimum absolute atomic E-state index is 0.351. The number of hydrogen-bond donors (Lipinski definition) is 4. The van der Waals surface area contributed by atoms with E-state index in [0.29, 0.717) is 35.0 Å². The highest BCUT2D eigenvalue weighted by molar-refractivity contribution is 6.01. The van der Waals surface area contributed by atoms with Crippen molar-refractivity contribution in [2.75, 3.05) is 0 Å². The van der Waals surface area contributed by atoms with Crippen LogP contribution in [0.5, 0.6) is 0 Å². The third-order valence-corrected chi connectivity index (χ3v) is 4.14. The van der Waals surface area contributed by atoms with Crippen LogP contribution in [0.3, 0.4) is 0 Å². The molecule has 3 atom stereocenters. The summed E-state index contributed by atoms with van der Waals surface area (Å²) in [6.45, 7) is 1.74. The van der Waals surface area contributed by atoms with Crippen LogP contribution in [0.2, 0.25) is 0 Å². The van der Waals surface area contributed by atoms with E-state index in [9.17, 15) is 19.4 Å². The second kappa shape index (κ2) is 5.13. The predicted molar refractivity (Wildman–Crippen MR) is 75.5 cm³/mol. The number of aromatic nitrogens is 1. The summed E-state index contributed by atoms with van der Waals surface area (Å²) in [5.41, 5.74) is 1.70. The number of amides is 1. The molecule has 0 spiro atoms. The van der Waals surface area contributed by atoms with Gasteiger partial charge in [-0.2, -0.15) is 0 Å². The van der Waals surface area contributed by atoms with Crippen molar-refractivity contribution >= 4 is 16.8 Å². The minimum atomic E-state index is -0.948. The van der Waals surface area contributed by atoms with E-state index in [0.717, 1.165) is 0 Å². The van der Waals surface area contributed by atoms with Crippen molar-refractivity contribution in [3.05, 3.63) is 35.3 Å². The molecule has 6 heteroatoms. The molecule has 1 aromatic carbocycles. The van der Waals surface area contributed by atoms with Crippen molar-refractivity contribution in [1.29, 1.82) is 0 Å². The van der Waals surface area contributed by atoms with Gasteiger partial charge in [0, 0.05) is 10.9 Å². The van der Waals surface area contributed by atoms with Crippen LogP contribution in [-0.2, 0) is 0 Å². The molecule has 4 N–H and O–H groups in total. The molecule has 2 aromatic rings. The number of aliphatic hydroxyl groups is 2. The molecule has 21 heavy (non-hydrogen) atoms. The van der Waals surface area contributed by atoms with Crippen molar-refractivity contribution in [2.45, 2.75) is 38.0 Å². The smallest absolute Gasteiger partial charge is 0.268 e. The highest BCUT2D eigenvalue weighted by atomic mass is 19.1. The van der Waals surface area contributed by atoms with E-state index in [1.807, 2.05) is 0 Å². The maximum atomic E-state index is 13.3. The number of carbonyl (C=O) groups is 1. The molecule has 0 radical (unpaired) electrons. The van der Waals surface area contributed by atoms with Gasteiger partial charge in [0.1, 0.15) is 17.6 Å². The number of aromatic amines is 1. The summed E-state index contributed by atoms with van der Waals surface area (Å²) in [7, 11) is 0. The molecule has 0 bridgehead atoms. The van der Waals surface area contributed by atoms with Crippen molar-refractivity contribution < 1.29 is 19.4 Å².